The van der Waals surface area contributed by atoms with E-state index in [1.165, 1.54) is 0 Å². The minimum Gasteiger partial charge on any atom is -0.550 e. The van der Waals surface area contributed by atoms with Gasteiger partial charge in [-0.3, -0.25) is 0 Å². The number of hydrogen-bond acceptors (Lipinski definition) is 8. The van der Waals surface area contributed by atoms with E-state index < -0.39 is 23.9 Å². The fourth-order valence-corrected chi connectivity index (χ4v) is 0. The topological polar surface area (TPSA) is 161 Å². The fourth-order valence-electron chi connectivity index (χ4n) is 0. The van der Waals surface area contributed by atoms with E-state index in [2.05, 4.69) is 0 Å². The number of rotatable bonds is 0. The van der Waals surface area contributed by atoms with Crippen molar-refractivity contribution in [3.63, 3.8) is 0 Å². The second-order valence-corrected chi connectivity index (χ2v) is 2.88. The number of carbonyl (C=O) groups excluding carboxylic acids is 4. The van der Waals surface area contributed by atoms with Crippen LogP contribution in [0.15, 0.2) is 0 Å². The van der Waals surface area contributed by atoms with Crippen molar-refractivity contribution < 1.29 is 39.6 Å². The molecule has 0 spiro atoms. The number of carboxylic acid groups (broad SMARTS) is 4. The van der Waals surface area contributed by atoms with E-state index in [0.717, 1.165) is 27.7 Å². The number of carboxylic acids is 4. The predicted molar refractivity (Wildman–Crippen MR) is 65.1 cm³/mol. The third-order valence-corrected chi connectivity index (χ3v) is 0. The molecular weight excluding hydrogens is 514 g/mol. The molecule has 0 N–H and O–H groups in total. The van der Waals surface area contributed by atoms with Gasteiger partial charge < -0.3 is 39.6 Å². The van der Waals surface area contributed by atoms with E-state index in [4.69, 9.17) is 62.8 Å². The van der Waals surface area contributed by atoms with Crippen LogP contribution < -0.4 is 20.4 Å². The third kappa shape index (κ3) is 12200. The summed E-state index contributed by atoms with van der Waals surface area (Å²) in [5.41, 5.74) is 0. The van der Waals surface area contributed by atoms with Crippen molar-refractivity contribution in [1.29, 1.82) is 0 Å². The normalized spacial score (nSPS) is 5.90. The van der Waals surface area contributed by atoms with Crippen LogP contribution in [0.4, 0.5) is 0 Å². The Morgan fingerprint density at radius 1 is 0.650 bits per heavy atom. The number of halogens is 2. The van der Waals surface area contributed by atoms with Crippen LogP contribution >= 0.6 is 23.2 Å². The largest absolute Gasteiger partial charge is 0.550 e. The Morgan fingerprint density at radius 2 is 0.650 bits per heavy atom. The summed E-state index contributed by atoms with van der Waals surface area (Å²) in [7, 11) is 0. The minimum absolute atomic E-state index is 0. The molecule has 0 rings (SSSR count). The van der Waals surface area contributed by atoms with Gasteiger partial charge in [-0.1, -0.05) is 0 Å². The average molecular weight is 528 g/mol. The summed E-state index contributed by atoms with van der Waals surface area (Å²) in [6.45, 7) is 3.89. The number of carbonyl (C=O) groups is 4. The molecule has 11 heteroatoms. The van der Waals surface area contributed by atoms with Crippen molar-refractivity contribution in [3.8, 4) is 0 Å². The molecule has 0 aliphatic heterocycles. The van der Waals surface area contributed by atoms with Gasteiger partial charge >= 0.3 is 0 Å². The molecular formula is C9H14Cl2O8Pb-4. The predicted octanol–water partition coefficient (Wildman–Crippen LogP) is -3.93. The molecule has 20 heavy (non-hydrogen) atoms. The van der Waals surface area contributed by atoms with Gasteiger partial charge in [-0.05, 0) is 27.7 Å². The van der Waals surface area contributed by atoms with Gasteiger partial charge in [0.15, 0.2) is 0 Å². The van der Waals surface area contributed by atoms with Gasteiger partial charge in [-0.15, -0.1) is 23.2 Å². The molecule has 0 aromatic heterocycles. The zero-order chi connectivity index (χ0) is 17.0. The van der Waals surface area contributed by atoms with E-state index in [1.807, 2.05) is 0 Å². The van der Waals surface area contributed by atoms with Crippen molar-refractivity contribution in [1.82, 2.24) is 0 Å². The molecule has 0 heterocycles. The Kier molecular flexibility index (Phi) is 66.2. The minimum atomic E-state index is -1.08. The smallest absolute Gasteiger partial charge is 0.0967 e. The molecule has 0 aromatic rings. The van der Waals surface area contributed by atoms with Crippen LogP contribution in [0.25, 0.3) is 0 Å². The summed E-state index contributed by atoms with van der Waals surface area (Å²) in [5, 5.41) is 35.8. The molecule has 0 atom stereocenters. The van der Waals surface area contributed by atoms with Gasteiger partial charge in [-0.25, -0.2) is 0 Å². The number of hydrogen-bond donors (Lipinski definition) is 0. The van der Waals surface area contributed by atoms with Crippen LogP contribution in [0.3, 0.4) is 0 Å². The summed E-state index contributed by atoms with van der Waals surface area (Å²) in [6.07, 6.45) is 0. The van der Waals surface area contributed by atoms with E-state index in [9.17, 15) is 0 Å². The molecule has 120 valence electrons. The van der Waals surface area contributed by atoms with Crippen LogP contribution in [0.2, 0.25) is 0 Å². The molecule has 0 saturated carbocycles. The quantitative estimate of drug-likeness (QED) is 0.228. The summed E-state index contributed by atoms with van der Waals surface area (Å²) in [4.78, 5) is 35.6. The first-order valence-corrected chi connectivity index (χ1v) is 5.24. The molecule has 0 aliphatic rings. The Bertz CT molecular complexity index is 184. The Morgan fingerprint density at radius 3 is 0.650 bits per heavy atom. The Labute approximate surface area is 146 Å². The van der Waals surface area contributed by atoms with Gasteiger partial charge in [0, 0.05) is 51.2 Å². The zero-order valence-electron chi connectivity index (χ0n) is 11.2. The van der Waals surface area contributed by atoms with E-state index in [-0.39, 0.29) is 32.6 Å². The van der Waals surface area contributed by atoms with Crippen LogP contribution in [0, 0.1) is 0 Å². The Hall–Kier alpha value is -0.618. The molecule has 0 aliphatic carbocycles. The number of alkyl halides is 2. The molecule has 0 bridgehead atoms. The van der Waals surface area contributed by atoms with Crippen molar-refractivity contribution in [2.45, 2.75) is 27.7 Å². The molecule has 0 fully saturated rings. The molecule has 0 unspecified atom stereocenters. The standard InChI is InChI=1S/4C2H4O2.CH2Cl2.Pb/c4*1-2(3)4;2-1-3;/h4*1H3,(H,3,4);1H2;/p-4. The van der Waals surface area contributed by atoms with E-state index in [0.29, 0.717) is 0 Å². The Balaban J connectivity index is -0.0000000304. The first-order valence-electron chi connectivity index (χ1n) is 4.17. The second-order valence-electron chi connectivity index (χ2n) is 2.07. The summed E-state index contributed by atoms with van der Waals surface area (Å²) in [5.74, 6) is -4.33. The SMILES string of the molecule is CC(=O)[O-].CC(=O)[O-].CC(=O)[O-].CC(=O)[O-].ClCCl.[Pb]. The molecule has 0 saturated heterocycles. The third-order valence-electron chi connectivity index (χ3n) is 0. The van der Waals surface area contributed by atoms with Crippen LogP contribution in [-0.4, -0.2) is 56.5 Å². The van der Waals surface area contributed by atoms with E-state index in [1.54, 1.807) is 0 Å². The molecule has 0 amide bonds. The second kappa shape index (κ2) is 36.2. The van der Waals surface area contributed by atoms with Crippen LogP contribution in [-0.2, 0) is 19.2 Å². The zero-order valence-corrected chi connectivity index (χ0v) is 16.6. The summed E-state index contributed by atoms with van der Waals surface area (Å²) < 4.78 is 0. The van der Waals surface area contributed by atoms with Crippen molar-refractivity contribution in [3.05, 3.63) is 0 Å². The maximum Gasteiger partial charge on any atom is 0.0967 e. The molecule has 8 nitrogen and oxygen atoms in total. The van der Waals surface area contributed by atoms with Crippen molar-refractivity contribution in [2.24, 2.45) is 0 Å². The van der Waals surface area contributed by atoms with Gasteiger partial charge in [0.25, 0.3) is 0 Å². The van der Waals surface area contributed by atoms with E-state index >= 15 is 0 Å². The maximum absolute atomic E-state index is 8.89. The number of aliphatic carboxylic acids is 4. The monoisotopic (exact) mass is 528 g/mol. The molecule has 0 aromatic carbocycles. The first-order chi connectivity index (χ1) is 8.34. The molecule has 4 radical (unpaired) electrons. The van der Waals surface area contributed by atoms with Gasteiger partial charge in [-0.2, -0.15) is 0 Å². The van der Waals surface area contributed by atoms with Crippen LogP contribution in [0.1, 0.15) is 27.7 Å². The van der Waals surface area contributed by atoms with Crippen molar-refractivity contribution in [2.75, 3.05) is 5.34 Å². The maximum atomic E-state index is 8.89. The fraction of sp³-hybridized carbons (Fsp3) is 0.556. The van der Waals surface area contributed by atoms with Crippen LogP contribution in [0.5, 0.6) is 0 Å². The summed E-state index contributed by atoms with van der Waals surface area (Å²) >= 11 is 9.53. The van der Waals surface area contributed by atoms with Gasteiger partial charge in [0.1, 0.15) is 0 Å². The average Bonchev–Trinajstić information content (AvgIpc) is 1.97. The van der Waals surface area contributed by atoms with Gasteiger partial charge in [0.05, 0.1) is 5.34 Å². The van der Waals surface area contributed by atoms with Gasteiger partial charge in [0.2, 0.25) is 0 Å². The van der Waals surface area contributed by atoms with Crippen molar-refractivity contribution >= 4 is 74.4 Å². The first kappa shape index (κ1) is 36.6. The summed E-state index contributed by atoms with van der Waals surface area (Å²) in [6, 6.07) is 0.